The number of hydrazine groups is 1. The lowest BCUT2D eigenvalue weighted by atomic mass is 9.76. The van der Waals surface area contributed by atoms with Crippen LogP contribution in [0.2, 0.25) is 0 Å². The Hall–Kier alpha value is -4.41. The molecule has 1 unspecified atom stereocenters. The minimum absolute atomic E-state index is 0.0630. The molecule has 0 fully saturated rings. The summed E-state index contributed by atoms with van der Waals surface area (Å²) < 4.78 is 0. The molecule has 4 nitrogen and oxygen atoms in total. The number of pyridine rings is 1. The number of fused-ring (bicyclic) bond motifs is 1. The van der Waals surface area contributed by atoms with Gasteiger partial charge in [-0.15, -0.1) is 0 Å². The number of nitrogens with one attached hydrogen (secondary N) is 1. The first-order valence-electron chi connectivity index (χ1n) is 11.8. The third-order valence-electron chi connectivity index (χ3n) is 6.81. The molecule has 1 aromatic heterocycles. The van der Waals surface area contributed by atoms with Gasteiger partial charge in [-0.3, -0.25) is 9.99 Å². The van der Waals surface area contributed by atoms with Gasteiger partial charge in [0.05, 0.1) is 11.7 Å². The second-order valence-electron chi connectivity index (χ2n) is 8.80. The average molecular weight is 455 g/mol. The maximum atomic E-state index is 6.30. The van der Waals surface area contributed by atoms with Gasteiger partial charge in [-0.25, -0.2) is 5.43 Å². The van der Waals surface area contributed by atoms with Crippen molar-refractivity contribution in [1.82, 2.24) is 10.4 Å². The van der Waals surface area contributed by atoms with Crippen molar-refractivity contribution in [2.24, 2.45) is 0 Å². The molecule has 0 saturated carbocycles. The zero-order chi connectivity index (χ0) is 23.7. The van der Waals surface area contributed by atoms with Crippen molar-refractivity contribution in [3.8, 4) is 0 Å². The van der Waals surface area contributed by atoms with Crippen molar-refractivity contribution in [3.63, 3.8) is 0 Å². The normalized spacial score (nSPS) is 15.1. The zero-order valence-electron chi connectivity index (χ0n) is 19.3. The number of nitrogen functional groups attached to an aromatic ring is 1. The molecule has 0 saturated heterocycles. The molecule has 0 aliphatic carbocycles. The summed E-state index contributed by atoms with van der Waals surface area (Å²) in [6.45, 7) is 0. The van der Waals surface area contributed by atoms with Crippen molar-refractivity contribution in [3.05, 3.63) is 162 Å². The van der Waals surface area contributed by atoms with Crippen LogP contribution in [-0.4, -0.2) is 4.98 Å². The van der Waals surface area contributed by atoms with E-state index in [1.165, 1.54) is 16.7 Å². The Labute approximate surface area is 205 Å². The molecule has 3 N–H and O–H groups in total. The Morgan fingerprint density at radius 2 is 1.17 bits per heavy atom. The minimum Gasteiger partial charge on any atom is -0.399 e. The third-order valence-corrected chi connectivity index (χ3v) is 6.81. The number of nitrogens with zero attached hydrogens (tertiary/aromatic N) is 2. The van der Waals surface area contributed by atoms with Gasteiger partial charge in [0.25, 0.3) is 0 Å². The van der Waals surface area contributed by atoms with Crippen LogP contribution in [-0.2, 0) is 5.54 Å². The van der Waals surface area contributed by atoms with Crippen LogP contribution in [0.3, 0.4) is 0 Å². The number of hydrogen-bond acceptors (Lipinski definition) is 4. The van der Waals surface area contributed by atoms with Crippen molar-refractivity contribution in [2.45, 2.75) is 11.6 Å². The summed E-state index contributed by atoms with van der Waals surface area (Å²) in [6.07, 6.45) is 3.68. The van der Waals surface area contributed by atoms with E-state index in [-0.39, 0.29) is 6.04 Å². The van der Waals surface area contributed by atoms with Gasteiger partial charge in [0.1, 0.15) is 5.54 Å². The topological polar surface area (TPSA) is 54.2 Å². The molecule has 0 bridgehead atoms. The first kappa shape index (κ1) is 21.1. The zero-order valence-corrected chi connectivity index (χ0v) is 19.3. The highest BCUT2D eigenvalue weighted by Gasteiger charge is 2.47. The number of anilines is 2. The van der Waals surface area contributed by atoms with Crippen molar-refractivity contribution >= 4 is 11.4 Å². The van der Waals surface area contributed by atoms with E-state index in [0.717, 1.165) is 22.5 Å². The monoisotopic (exact) mass is 454 g/mol. The molecular formula is C31H26N4. The highest BCUT2D eigenvalue weighted by atomic mass is 15.6. The lowest BCUT2D eigenvalue weighted by Gasteiger charge is -2.45. The first-order chi connectivity index (χ1) is 17.3. The number of aromatic nitrogens is 1. The summed E-state index contributed by atoms with van der Waals surface area (Å²) in [5.74, 6) is 0. The molecule has 0 amide bonds. The van der Waals surface area contributed by atoms with Crippen LogP contribution < -0.4 is 16.2 Å². The van der Waals surface area contributed by atoms with Gasteiger partial charge in [-0.1, -0.05) is 91.0 Å². The van der Waals surface area contributed by atoms with Gasteiger partial charge in [0, 0.05) is 23.6 Å². The molecule has 0 spiro atoms. The molecule has 1 aliphatic heterocycles. The number of nitrogens with two attached hydrogens (primary N) is 1. The van der Waals surface area contributed by atoms with Crippen LogP contribution in [0.15, 0.2) is 134 Å². The smallest absolute Gasteiger partial charge is 0.131 e. The third kappa shape index (κ3) is 3.47. The maximum Gasteiger partial charge on any atom is 0.131 e. The van der Waals surface area contributed by atoms with Gasteiger partial charge in [-0.05, 0) is 52.6 Å². The second-order valence-corrected chi connectivity index (χ2v) is 8.80. The molecule has 5 aromatic rings. The van der Waals surface area contributed by atoms with E-state index in [2.05, 4.69) is 131 Å². The lowest BCUT2D eigenvalue weighted by Crippen LogP contribution is -2.53. The fraction of sp³-hybridized carbons (Fsp3) is 0.0645. The molecule has 170 valence electrons. The molecule has 0 radical (unpaired) electrons. The quantitative estimate of drug-likeness (QED) is 0.250. The molecule has 6 rings (SSSR count). The van der Waals surface area contributed by atoms with E-state index in [0.29, 0.717) is 0 Å². The predicted octanol–water partition coefficient (Wildman–Crippen LogP) is 6.07. The number of benzene rings is 4. The Bertz CT molecular complexity index is 1320. The highest BCUT2D eigenvalue weighted by molar-refractivity contribution is 5.71. The summed E-state index contributed by atoms with van der Waals surface area (Å²) in [6, 6.07) is 42.3. The van der Waals surface area contributed by atoms with Crippen LogP contribution in [0.5, 0.6) is 0 Å². The number of hydrogen-bond donors (Lipinski definition) is 2. The van der Waals surface area contributed by atoms with Crippen LogP contribution in [0.4, 0.5) is 11.4 Å². The van der Waals surface area contributed by atoms with Crippen LogP contribution in [0, 0.1) is 0 Å². The van der Waals surface area contributed by atoms with Crippen LogP contribution in [0.25, 0.3) is 0 Å². The maximum absolute atomic E-state index is 6.30. The lowest BCUT2D eigenvalue weighted by molar-refractivity contribution is 0.477. The SMILES string of the molecule is Nc1ccc2c(c1)C(c1ccncc1)NN2C(c1ccccc1)(c1ccccc1)c1ccccc1. The average Bonchev–Trinajstić information content (AvgIpc) is 3.30. The summed E-state index contributed by atoms with van der Waals surface area (Å²) in [5.41, 5.74) is 17.2. The van der Waals surface area contributed by atoms with E-state index in [9.17, 15) is 0 Å². The first-order valence-corrected chi connectivity index (χ1v) is 11.8. The van der Waals surface area contributed by atoms with E-state index < -0.39 is 5.54 Å². The summed E-state index contributed by atoms with van der Waals surface area (Å²) in [4.78, 5) is 4.23. The van der Waals surface area contributed by atoms with Gasteiger partial charge < -0.3 is 5.73 Å². The van der Waals surface area contributed by atoms with Crippen molar-refractivity contribution in [2.75, 3.05) is 10.7 Å². The van der Waals surface area contributed by atoms with Gasteiger partial charge in [-0.2, -0.15) is 0 Å². The van der Waals surface area contributed by atoms with E-state index in [1.807, 2.05) is 18.5 Å². The van der Waals surface area contributed by atoms with Gasteiger partial charge in [0.15, 0.2) is 0 Å². The molecule has 1 atom stereocenters. The molecule has 1 aliphatic rings. The Morgan fingerprint density at radius 3 is 1.69 bits per heavy atom. The molecular weight excluding hydrogens is 428 g/mol. The largest absolute Gasteiger partial charge is 0.399 e. The van der Waals surface area contributed by atoms with Crippen molar-refractivity contribution < 1.29 is 0 Å². The minimum atomic E-state index is -0.629. The number of rotatable bonds is 5. The van der Waals surface area contributed by atoms with E-state index in [1.54, 1.807) is 0 Å². The van der Waals surface area contributed by atoms with E-state index >= 15 is 0 Å². The highest BCUT2D eigenvalue weighted by Crippen LogP contribution is 2.49. The van der Waals surface area contributed by atoms with Crippen LogP contribution >= 0.6 is 0 Å². The van der Waals surface area contributed by atoms with Gasteiger partial charge >= 0.3 is 0 Å². The van der Waals surface area contributed by atoms with E-state index in [4.69, 9.17) is 5.73 Å². The summed E-state index contributed by atoms with van der Waals surface area (Å²) in [5, 5.41) is 2.33. The summed E-state index contributed by atoms with van der Waals surface area (Å²) in [7, 11) is 0. The van der Waals surface area contributed by atoms with Crippen molar-refractivity contribution in [1.29, 1.82) is 0 Å². The fourth-order valence-electron chi connectivity index (χ4n) is 5.29. The Kier molecular flexibility index (Phi) is 5.28. The molecule has 4 heteroatoms. The second kappa shape index (κ2) is 8.75. The predicted molar refractivity (Wildman–Crippen MR) is 142 cm³/mol. The Balaban J connectivity index is 1.67. The van der Waals surface area contributed by atoms with Gasteiger partial charge in [0.2, 0.25) is 0 Å². The van der Waals surface area contributed by atoms with Crippen LogP contribution in [0.1, 0.15) is 33.9 Å². The fourth-order valence-corrected chi connectivity index (χ4v) is 5.29. The molecule has 35 heavy (non-hydrogen) atoms. The molecule has 4 aromatic carbocycles. The summed E-state index contributed by atoms with van der Waals surface area (Å²) >= 11 is 0. The molecule has 2 heterocycles. The Morgan fingerprint density at radius 1 is 0.657 bits per heavy atom. The standard InChI is InChI=1S/C31H26N4/c32-27-16-17-29-28(22-27)30(23-18-20-33-21-19-23)34-35(29)31(24-10-4-1-5-11-24,25-12-6-2-7-13-25)26-14-8-3-9-15-26/h1-22,30,34H,32H2.